The smallest absolute Gasteiger partial charge is 0.361 e. The van der Waals surface area contributed by atoms with E-state index in [1.165, 1.54) is 13.8 Å². The first-order chi connectivity index (χ1) is 31.9. The van der Waals surface area contributed by atoms with E-state index in [9.17, 15) is 66.3 Å². The molecule has 3 heterocycles. The van der Waals surface area contributed by atoms with E-state index >= 15 is 8.78 Å². The van der Waals surface area contributed by atoms with E-state index in [0.717, 1.165) is 56.5 Å². The molecule has 376 valence electrons. The number of amides is 3. The second-order valence-corrected chi connectivity index (χ2v) is 21.6. The molecule has 0 fully saturated rings. The number of halogens is 11. The topological polar surface area (TPSA) is 209 Å². The highest BCUT2D eigenvalue weighted by atomic mass is 35.5. The van der Waals surface area contributed by atoms with E-state index in [2.05, 4.69) is 32.3 Å². The Morgan fingerprint density at radius 2 is 1.53 bits per heavy atom. The Morgan fingerprint density at radius 1 is 0.929 bits per heavy atom. The largest absolute Gasteiger partial charge is 0.435 e. The summed E-state index contributed by atoms with van der Waals surface area (Å²) < 4.78 is 196. The number of nitrogens with two attached hydrogens (primary N) is 1. The number of carbonyl (C=O) groups is 3. The van der Waals surface area contributed by atoms with E-state index in [0.29, 0.717) is 12.3 Å². The van der Waals surface area contributed by atoms with Gasteiger partial charge in [-0.25, -0.2) is 30.6 Å². The summed E-state index contributed by atoms with van der Waals surface area (Å²) in [5.41, 5.74) is -1.37. The third-order valence-electron chi connectivity index (χ3n) is 11.4. The fourth-order valence-corrected chi connectivity index (χ4v) is 8.98. The molecule has 2 aromatic carbocycles. The van der Waals surface area contributed by atoms with Gasteiger partial charge in [-0.3, -0.25) is 23.7 Å². The molecule has 0 saturated carbocycles. The number of alkyl halides is 8. The van der Waals surface area contributed by atoms with Gasteiger partial charge in [-0.05, 0) is 68.0 Å². The normalized spacial score (nSPS) is 16.6. The van der Waals surface area contributed by atoms with E-state index in [1.54, 1.807) is 0 Å². The van der Waals surface area contributed by atoms with Gasteiger partial charge in [0.15, 0.2) is 21.3 Å². The van der Waals surface area contributed by atoms with E-state index in [1.807, 2.05) is 0 Å². The van der Waals surface area contributed by atoms with Crippen LogP contribution in [0.3, 0.4) is 0 Å². The van der Waals surface area contributed by atoms with Crippen LogP contribution in [0.5, 0.6) is 0 Å². The van der Waals surface area contributed by atoms with Gasteiger partial charge in [0.1, 0.15) is 40.9 Å². The van der Waals surface area contributed by atoms with Crippen molar-refractivity contribution >= 4 is 65.9 Å². The number of primary amides is 1. The van der Waals surface area contributed by atoms with Gasteiger partial charge in [-0.15, -0.1) is 0 Å². The average Bonchev–Trinajstić information content (AvgIpc) is 3.82. The molecule has 6 rings (SSSR count). The van der Waals surface area contributed by atoms with Crippen LogP contribution in [0.1, 0.15) is 73.6 Å². The fraction of sp³-hybridized carbons (Fsp3) is 0.381. The molecule has 70 heavy (non-hydrogen) atoms. The van der Waals surface area contributed by atoms with Crippen molar-refractivity contribution < 1.29 is 75.1 Å². The van der Waals surface area contributed by atoms with Gasteiger partial charge in [-0.1, -0.05) is 37.4 Å². The summed E-state index contributed by atoms with van der Waals surface area (Å²) >= 11 is 6.50. The zero-order valence-electron chi connectivity index (χ0n) is 37.0. The molecule has 3 amide bonds. The summed E-state index contributed by atoms with van der Waals surface area (Å²) in [6, 6.07) is 4.40. The Balaban J connectivity index is 1.67. The monoisotopic (exact) mass is 1050 g/mol. The van der Waals surface area contributed by atoms with Crippen molar-refractivity contribution in [1.29, 1.82) is 0 Å². The van der Waals surface area contributed by atoms with Crippen LogP contribution in [-0.4, -0.2) is 82.5 Å². The summed E-state index contributed by atoms with van der Waals surface area (Å²) in [4.78, 5) is 43.7. The maximum atomic E-state index is 15.7. The lowest BCUT2D eigenvalue weighted by molar-refractivity contribution is -0.143. The molecule has 0 spiro atoms. The average molecular weight is 1060 g/mol. The van der Waals surface area contributed by atoms with Crippen LogP contribution in [0.2, 0.25) is 5.02 Å². The van der Waals surface area contributed by atoms with Crippen LogP contribution in [-0.2, 0) is 65.9 Å². The molecule has 0 aliphatic heterocycles. The van der Waals surface area contributed by atoms with Crippen molar-refractivity contribution in [2.24, 2.45) is 11.7 Å². The number of sulfonamides is 1. The summed E-state index contributed by atoms with van der Waals surface area (Å²) in [7, 11) is -8.89. The zero-order chi connectivity index (χ0) is 52.6. The highest BCUT2D eigenvalue weighted by Gasteiger charge is 2.57. The second-order valence-electron chi connectivity index (χ2n) is 16.8. The number of anilines is 1. The van der Waals surface area contributed by atoms with Crippen LogP contribution >= 0.6 is 11.6 Å². The number of benzene rings is 2. The summed E-state index contributed by atoms with van der Waals surface area (Å²) in [5.74, 6) is -10.8. The summed E-state index contributed by atoms with van der Waals surface area (Å²) in [6.07, 6.45) is -9.96. The Morgan fingerprint density at radius 3 is 2.07 bits per heavy atom. The number of fused-ring (bicyclic) bond motifs is 2. The zero-order valence-corrected chi connectivity index (χ0v) is 39.4. The van der Waals surface area contributed by atoms with Gasteiger partial charge >= 0.3 is 24.2 Å². The summed E-state index contributed by atoms with van der Waals surface area (Å²) in [6.45, 7) is 1.15. The maximum Gasteiger partial charge on any atom is 0.435 e. The molecule has 0 unspecified atom stereocenters. The third kappa shape index (κ3) is 10.4. The molecule has 28 heteroatoms. The van der Waals surface area contributed by atoms with Gasteiger partial charge in [-0.2, -0.15) is 49.6 Å². The fourth-order valence-electron chi connectivity index (χ4n) is 7.67. The van der Waals surface area contributed by atoms with Crippen LogP contribution in [0.15, 0.2) is 42.5 Å². The number of nitrogens with zero attached hydrogens (tertiary/aromatic N) is 6. The lowest BCUT2D eigenvalue weighted by Gasteiger charge is -2.24. The minimum absolute atomic E-state index is 0.150. The number of sulfone groups is 1. The molecule has 3 atom stereocenters. The molecular formula is C42H37ClF10N8O7S2. The predicted molar refractivity (Wildman–Crippen MR) is 231 cm³/mol. The van der Waals surface area contributed by atoms with Crippen molar-refractivity contribution in [1.82, 2.24) is 29.9 Å². The highest BCUT2D eigenvalue weighted by molar-refractivity contribution is 7.93. The maximum absolute atomic E-state index is 15.7. The first kappa shape index (κ1) is 53.1. The molecule has 0 saturated heterocycles. The minimum Gasteiger partial charge on any atom is -0.361 e. The van der Waals surface area contributed by atoms with Crippen LogP contribution in [0.4, 0.5) is 49.7 Å². The Hall–Kier alpha value is -6.27. The standard InChI is InChI=1S/C42H37ClF10N8O7S2/c1-19-20(2)41(49,50)35-30(19)34(42(51,52)53)57-59(35)17-29(62)56-28(15-21-13-22(44)16-23(45)14-21)32-25(8-7-24(55-32)11-12-39(3,4)69(5,65)66)26-9-10-27(43)31-33(26)60(18-40(46,47)48)58-37(31)61(70(6,67)68)38(64)36(54)63/h7-10,13-14,16,19-20,28H,15,17-18H2,1-6H3,(H2,54,63)(H,56,62)/t19-,20+,28-/m0/s1. The van der Waals surface area contributed by atoms with Crippen molar-refractivity contribution in [3.63, 3.8) is 0 Å². The first-order valence-electron chi connectivity index (χ1n) is 20.1. The Bertz CT molecular complexity index is 3270. The lowest BCUT2D eigenvalue weighted by Crippen LogP contribution is -2.44. The van der Waals surface area contributed by atoms with E-state index < -0.39 is 160 Å². The number of pyridine rings is 1. The second kappa shape index (κ2) is 18.2. The summed E-state index contributed by atoms with van der Waals surface area (Å²) in [5, 5.41) is 8.18. The number of hydrogen-bond donors (Lipinski definition) is 2. The Kier molecular flexibility index (Phi) is 13.8. The number of rotatable bonds is 11. The lowest BCUT2D eigenvalue weighted by atomic mass is 9.93. The molecular weight excluding hydrogens is 1020 g/mol. The highest BCUT2D eigenvalue weighted by Crippen LogP contribution is 2.55. The van der Waals surface area contributed by atoms with E-state index in [4.69, 9.17) is 17.3 Å². The molecule has 1 aliphatic carbocycles. The number of nitrogens with one attached hydrogen (secondary N) is 1. The minimum atomic E-state index is -5.27. The number of carbonyl (C=O) groups excluding carboxylic acids is 3. The number of aromatic nitrogens is 5. The van der Waals surface area contributed by atoms with Gasteiger partial charge in [0.05, 0.1) is 33.9 Å². The van der Waals surface area contributed by atoms with E-state index in [-0.39, 0.29) is 30.5 Å². The molecule has 1 aliphatic rings. The molecule has 5 aromatic rings. The van der Waals surface area contributed by atoms with Gasteiger partial charge in [0.2, 0.25) is 15.9 Å². The molecule has 3 N–H and O–H groups in total. The van der Waals surface area contributed by atoms with Crippen LogP contribution in [0, 0.1) is 29.4 Å². The van der Waals surface area contributed by atoms with Crippen molar-refractivity contribution in [2.45, 2.75) is 82.2 Å². The van der Waals surface area contributed by atoms with Gasteiger partial charge in [0, 0.05) is 34.9 Å². The molecule has 3 aromatic heterocycles. The molecule has 15 nitrogen and oxygen atoms in total. The SMILES string of the molecule is C[C@@H]1c2c(C(F)(F)F)nn(CC(=O)N[C@@H](Cc3cc(F)cc(F)c3)c3nc(C#CC(C)(C)S(C)(=O)=O)ccc3-c3ccc(Cl)c4c(N(C(=O)C(N)=O)S(C)(=O)=O)nn(CC(F)(F)F)c34)c2C(F)(F)[C@@H]1C. The molecule has 0 radical (unpaired) electrons. The van der Waals surface area contributed by atoms with Gasteiger partial charge < -0.3 is 11.1 Å². The third-order valence-corrected chi connectivity index (χ3v) is 14.7. The Labute approximate surface area is 396 Å². The quantitative estimate of drug-likeness (QED) is 0.0812. The van der Waals surface area contributed by atoms with Crippen molar-refractivity contribution in [2.75, 3.05) is 16.8 Å². The van der Waals surface area contributed by atoms with Crippen molar-refractivity contribution in [3.05, 3.63) is 93.0 Å². The van der Waals surface area contributed by atoms with Crippen molar-refractivity contribution in [3.8, 4) is 23.0 Å². The number of hydrogen-bond acceptors (Lipinski definition) is 10. The first-order valence-corrected chi connectivity index (χ1v) is 24.2. The molecule has 0 bridgehead atoms. The van der Waals surface area contributed by atoms with Crippen LogP contribution < -0.4 is 15.4 Å². The van der Waals surface area contributed by atoms with Crippen LogP contribution in [0.25, 0.3) is 22.0 Å². The van der Waals surface area contributed by atoms with Gasteiger partial charge in [0.25, 0.3) is 5.92 Å². The predicted octanol–water partition coefficient (Wildman–Crippen LogP) is 6.71.